The van der Waals surface area contributed by atoms with Gasteiger partial charge in [0.15, 0.2) is 17.3 Å². The number of hydrogen-bond acceptors (Lipinski definition) is 7. The van der Waals surface area contributed by atoms with Crippen LogP contribution in [-0.2, 0) is 13.0 Å². The third kappa shape index (κ3) is 3.63. The van der Waals surface area contributed by atoms with Gasteiger partial charge in [-0.2, -0.15) is 4.98 Å². The number of rotatable bonds is 5. The Balaban J connectivity index is 1.36. The third-order valence-corrected chi connectivity index (χ3v) is 4.50. The molecule has 4 rings (SSSR count). The van der Waals surface area contributed by atoms with Gasteiger partial charge in [-0.25, -0.2) is 0 Å². The van der Waals surface area contributed by atoms with Crippen LogP contribution in [0, 0.1) is 0 Å². The maximum Gasteiger partial charge on any atom is 0.251 e. The molecular formula is C17H15N3O4S. The van der Waals surface area contributed by atoms with E-state index < -0.39 is 0 Å². The lowest BCUT2D eigenvalue weighted by Crippen LogP contribution is -2.24. The number of nitrogens with one attached hydrogen (secondary N) is 1. The van der Waals surface area contributed by atoms with E-state index in [4.69, 9.17) is 14.0 Å². The maximum absolute atomic E-state index is 12.3. The number of fused-ring (bicyclic) bond motifs is 1. The normalized spacial score (nSPS) is 12.8. The number of benzene rings is 1. The summed E-state index contributed by atoms with van der Waals surface area (Å²) in [6.45, 7) is 1.19. The number of carbonyl (C=O) groups is 1. The highest BCUT2D eigenvalue weighted by molar-refractivity contribution is 7.09. The van der Waals surface area contributed by atoms with Crippen molar-refractivity contribution in [2.75, 3.05) is 13.2 Å². The van der Waals surface area contributed by atoms with E-state index in [9.17, 15) is 4.79 Å². The van der Waals surface area contributed by atoms with Gasteiger partial charge in [-0.3, -0.25) is 4.79 Å². The van der Waals surface area contributed by atoms with E-state index in [2.05, 4.69) is 15.5 Å². The van der Waals surface area contributed by atoms with Gasteiger partial charge in [-0.05, 0) is 29.6 Å². The predicted octanol–water partition coefficient (Wildman–Crippen LogP) is 2.42. The minimum absolute atomic E-state index is 0.196. The van der Waals surface area contributed by atoms with Gasteiger partial charge in [-0.1, -0.05) is 11.2 Å². The van der Waals surface area contributed by atoms with Crippen LogP contribution in [0.1, 0.15) is 27.0 Å². The zero-order chi connectivity index (χ0) is 17.1. The fourth-order valence-electron chi connectivity index (χ4n) is 2.44. The molecule has 128 valence electrons. The van der Waals surface area contributed by atoms with Crippen molar-refractivity contribution in [2.24, 2.45) is 0 Å². The molecule has 0 aliphatic carbocycles. The molecule has 0 bridgehead atoms. The first-order valence-electron chi connectivity index (χ1n) is 7.79. The van der Waals surface area contributed by atoms with E-state index in [1.165, 1.54) is 0 Å². The van der Waals surface area contributed by atoms with Gasteiger partial charge in [0, 0.05) is 10.4 Å². The first-order chi connectivity index (χ1) is 12.3. The summed E-state index contributed by atoms with van der Waals surface area (Å²) in [6, 6.07) is 9.09. The smallest absolute Gasteiger partial charge is 0.251 e. The van der Waals surface area contributed by atoms with Crippen molar-refractivity contribution in [2.45, 2.75) is 13.0 Å². The van der Waals surface area contributed by atoms with Crippen molar-refractivity contribution in [3.05, 3.63) is 57.9 Å². The zero-order valence-electron chi connectivity index (χ0n) is 13.2. The van der Waals surface area contributed by atoms with Crippen molar-refractivity contribution < 1.29 is 18.8 Å². The lowest BCUT2D eigenvalue weighted by atomic mass is 10.2. The van der Waals surface area contributed by atoms with E-state index in [1.807, 2.05) is 17.5 Å². The molecule has 0 saturated carbocycles. The van der Waals surface area contributed by atoms with Crippen molar-refractivity contribution in [1.29, 1.82) is 0 Å². The fraction of sp³-hybridized carbons (Fsp3) is 0.235. The molecule has 0 atom stereocenters. The predicted molar refractivity (Wildman–Crippen MR) is 90.0 cm³/mol. The molecule has 1 aromatic carbocycles. The molecule has 1 aliphatic heterocycles. The second kappa shape index (κ2) is 6.94. The largest absolute Gasteiger partial charge is 0.486 e. The summed E-state index contributed by atoms with van der Waals surface area (Å²) >= 11 is 1.63. The van der Waals surface area contributed by atoms with Gasteiger partial charge in [0.2, 0.25) is 5.89 Å². The zero-order valence-corrected chi connectivity index (χ0v) is 14.0. The number of nitrogens with zero attached hydrogens (tertiary/aromatic N) is 2. The summed E-state index contributed by atoms with van der Waals surface area (Å²) in [5, 5.41) is 8.67. The van der Waals surface area contributed by atoms with Crippen LogP contribution in [0.3, 0.4) is 0 Å². The minimum Gasteiger partial charge on any atom is -0.486 e. The highest BCUT2D eigenvalue weighted by Gasteiger charge is 2.15. The van der Waals surface area contributed by atoms with Crippen LogP contribution in [0.4, 0.5) is 0 Å². The van der Waals surface area contributed by atoms with Crippen LogP contribution < -0.4 is 14.8 Å². The average molecular weight is 357 g/mol. The SMILES string of the molecule is O=C(NCc1noc(Cc2cccs2)n1)c1ccc2c(c1)OCCO2. The van der Waals surface area contributed by atoms with Gasteiger partial charge in [-0.15, -0.1) is 11.3 Å². The Morgan fingerprint density at radius 2 is 2.08 bits per heavy atom. The quantitative estimate of drug-likeness (QED) is 0.755. The number of ether oxygens (including phenoxy) is 2. The first kappa shape index (κ1) is 15.6. The number of hydrogen-bond donors (Lipinski definition) is 1. The van der Waals surface area contributed by atoms with Crippen LogP contribution in [0.5, 0.6) is 11.5 Å². The molecule has 0 fully saturated rings. The van der Waals surface area contributed by atoms with Crippen LogP contribution >= 0.6 is 11.3 Å². The highest BCUT2D eigenvalue weighted by Crippen LogP contribution is 2.30. The van der Waals surface area contributed by atoms with Crippen molar-refractivity contribution >= 4 is 17.2 Å². The molecule has 0 spiro atoms. The highest BCUT2D eigenvalue weighted by atomic mass is 32.1. The van der Waals surface area contributed by atoms with Crippen molar-refractivity contribution in [1.82, 2.24) is 15.5 Å². The summed E-state index contributed by atoms with van der Waals surface area (Å²) in [4.78, 5) is 17.7. The molecule has 0 saturated heterocycles. The Morgan fingerprint density at radius 1 is 1.20 bits per heavy atom. The summed E-state index contributed by atoms with van der Waals surface area (Å²) in [5.74, 6) is 1.97. The summed E-state index contributed by atoms with van der Waals surface area (Å²) in [5.41, 5.74) is 0.492. The maximum atomic E-state index is 12.3. The summed E-state index contributed by atoms with van der Waals surface area (Å²) in [7, 11) is 0. The second-order valence-corrected chi connectivity index (χ2v) is 6.43. The second-order valence-electron chi connectivity index (χ2n) is 5.40. The number of thiophene rings is 1. The first-order valence-corrected chi connectivity index (χ1v) is 8.67. The average Bonchev–Trinajstić information content (AvgIpc) is 3.32. The van der Waals surface area contributed by atoms with Crippen LogP contribution in [0.2, 0.25) is 0 Å². The van der Waals surface area contributed by atoms with Gasteiger partial charge in [0.25, 0.3) is 5.91 Å². The third-order valence-electron chi connectivity index (χ3n) is 3.63. The lowest BCUT2D eigenvalue weighted by Gasteiger charge is -2.18. The van der Waals surface area contributed by atoms with Gasteiger partial charge in [0.05, 0.1) is 13.0 Å². The topological polar surface area (TPSA) is 86.5 Å². The fourth-order valence-corrected chi connectivity index (χ4v) is 3.14. The molecule has 8 heteroatoms. The molecule has 7 nitrogen and oxygen atoms in total. The molecule has 3 heterocycles. The van der Waals surface area contributed by atoms with Crippen LogP contribution in [-0.4, -0.2) is 29.3 Å². The van der Waals surface area contributed by atoms with Crippen molar-refractivity contribution in [3.63, 3.8) is 0 Å². The molecule has 1 aliphatic rings. The Labute approximate surface area is 147 Å². The Morgan fingerprint density at radius 3 is 2.92 bits per heavy atom. The van der Waals surface area contributed by atoms with E-state index in [1.54, 1.807) is 29.5 Å². The summed E-state index contributed by atoms with van der Waals surface area (Å²) in [6.07, 6.45) is 0.598. The van der Waals surface area contributed by atoms with Crippen LogP contribution in [0.25, 0.3) is 0 Å². The van der Waals surface area contributed by atoms with E-state index in [0.29, 0.717) is 48.4 Å². The van der Waals surface area contributed by atoms with E-state index >= 15 is 0 Å². The molecule has 0 radical (unpaired) electrons. The molecule has 2 aromatic heterocycles. The Bertz CT molecular complexity index is 876. The number of aromatic nitrogens is 2. The number of carbonyl (C=O) groups excluding carboxylic acids is 1. The monoisotopic (exact) mass is 357 g/mol. The van der Waals surface area contributed by atoms with Crippen LogP contribution in [0.15, 0.2) is 40.2 Å². The van der Waals surface area contributed by atoms with Crippen molar-refractivity contribution in [3.8, 4) is 11.5 Å². The van der Waals surface area contributed by atoms with Gasteiger partial charge < -0.3 is 19.3 Å². The Kier molecular flexibility index (Phi) is 4.34. The standard InChI is InChI=1S/C17H15N3O4S/c21-17(11-3-4-13-14(8-11)23-6-5-22-13)18-10-15-19-16(24-20-15)9-12-2-1-7-25-12/h1-4,7-8H,5-6,9-10H2,(H,18,21). The molecule has 1 amide bonds. The summed E-state index contributed by atoms with van der Waals surface area (Å²) < 4.78 is 16.1. The molecule has 25 heavy (non-hydrogen) atoms. The molecular weight excluding hydrogens is 342 g/mol. The molecule has 3 aromatic rings. The van der Waals surface area contributed by atoms with Gasteiger partial charge in [0.1, 0.15) is 13.2 Å². The van der Waals surface area contributed by atoms with E-state index in [-0.39, 0.29) is 12.5 Å². The number of amides is 1. The Hall–Kier alpha value is -2.87. The molecule has 0 unspecified atom stereocenters. The van der Waals surface area contributed by atoms with Gasteiger partial charge >= 0.3 is 0 Å². The minimum atomic E-state index is -0.235. The van der Waals surface area contributed by atoms with E-state index in [0.717, 1.165) is 4.88 Å². The molecule has 1 N–H and O–H groups in total. The lowest BCUT2D eigenvalue weighted by molar-refractivity contribution is 0.0948.